The second-order valence-electron chi connectivity index (χ2n) is 4.47. The van der Waals surface area contributed by atoms with E-state index in [9.17, 15) is 8.42 Å². The molecule has 0 spiro atoms. The van der Waals surface area contributed by atoms with Crippen LogP contribution in [-0.4, -0.2) is 34.1 Å². The number of halogens is 1. The van der Waals surface area contributed by atoms with Crippen LogP contribution in [0.3, 0.4) is 0 Å². The molecule has 1 atom stereocenters. The Morgan fingerprint density at radius 3 is 2.83 bits per heavy atom. The fourth-order valence-electron chi connectivity index (χ4n) is 2.41. The summed E-state index contributed by atoms with van der Waals surface area (Å²) >= 11 is 5.87. The molecular weight excluding hydrogens is 272 g/mol. The van der Waals surface area contributed by atoms with Crippen molar-refractivity contribution in [2.75, 3.05) is 19.6 Å². The number of benzene rings is 1. The number of hydrogen-bond acceptors (Lipinski definition) is 4. The van der Waals surface area contributed by atoms with Crippen LogP contribution >= 0.6 is 11.6 Å². The first-order valence-corrected chi connectivity index (χ1v) is 7.71. The van der Waals surface area contributed by atoms with Crippen molar-refractivity contribution in [3.05, 3.63) is 34.2 Å². The van der Waals surface area contributed by atoms with Crippen LogP contribution in [0.25, 0.3) is 5.57 Å². The largest absolute Gasteiger partial charge is 0.314 e. The van der Waals surface area contributed by atoms with Crippen molar-refractivity contribution in [3.63, 3.8) is 0 Å². The van der Waals surface area contributed by atoms with Gasteiger partial charge in [-0.25, -0.2) is 8.42 Å². The topological polar surface area (TPSA) is 58.2 Å². The number of rotatable bonds is 1. The summed E-state index contributed by atoms with van der Waals surface area (Å²) in [5.41, 5.74) is 1.59. The van der Waals surface area contributed by atoms with E-state index in [-0.39, 0.29) is 6.04 Å². The zero-order chi connectivity index (χ0) is 12.8. The minimum atomic E-state index is -3.34. The van der Waals surface area contributed by atoms with E-state index >= 15 is 0 Å². The SMILES string of the molecule is O=S1(=O)C=C(C2CNCCN2)c2ccc(Cl)cc21. The van der Waals surface area contributed by atoms with Crippen molar-refractivity contribution in [2.45, 2.75) is 10.9 Å². The average Bonchev–Trinajstić information content (AvgIpc) is 2.63. The Morgan fingerprint density at radius 1 is 1.28 bits per heavy atom. The Labute approximate surface area is 111 Å². The number of fused-ring (bicyclic) bond motifs is 1. The van der Waals surface area contributed by atoms with Crippen LogP contribution in [-0.2, 0) is 9.84 Å². The van der Waals surface area contributed by atoms with E-state index in [0.717, 1.165) is 30.8 Å². The van der Waals surface area contributed by atoms with Crippen molar-refractivity contribution in [3.8, 4) is 0 Å². The summed E-state index contributed by atoms with van der Waals surface area (Å²) in [7, 11) is -3.34. The van der Waals surface area contributed by atoms with E-state index < -0.39 is 9.84 Å². The molecule has 2 heterocycles. The minimum absolute atomic E-state index is 0.0379. The predicted molar refractivity (Wildman–Crippen MR) is 71.3 cm³/mol. The summed E-state index contributed by atoms with van der Waals surface area (Å²) in [5.74, 6) is 0. The molecule has 0 saturated carbocycles. The van der Waals surface area contributed by atoms with Gasteiger partial charge in [0.2, 0.25) is 9.84 Å². The van der Waals surface area contributed by atoms with Gasteiger partial charge in [-0.3, -0.25) is 0 Å². The highest BCUT2D eigenvalue weighted by atomic mass is 35.5. The predicted octanol–water partition coefficient (Wildman–Crippen LogP) is 1.03. The van der Waals surface area contributed by atoms with E-state index in [0.29, 0.717) is 9.92 Å². The van der Waals surface area contributed by atoms with E-state index in [1.165, 1.54) is 11.5 Å². The van der Waals surface area contributed by atoms with Gasteiger partial charge in [-0.2, -0.15) is 0 Å². The number of hydrogen-bond donors (Lipinski definition) is 2. The van der Waals surface area contributed by atoms with Gasteiger partial charge in [0.05, 0.1) is 4.90 Å². The van der Waals surface area contributed by atoms with Crippen LogP contribution in [0, 0.1) is 0 Å². The lowest BCUT2D eigenvalue weighted by atomic mass is 9.99. The molecule has 1 saturated heterocycles. The molecule has 2 aliphatic rings. The van der Waals surface area contributed by atoms with E-state index in [4.69, 9.17) is 11.6 Å². The second kappa shape index (κ2) is 4.35. The molecule has 1 fully saturated rings. The highest BCUT2D eigenvalue weighted by Gasteiger charge is 2.31. The molecule has 0 amide bonds. The third kappa shape index (κ3) is 1.97. The highest BCUT2D eigenvalue weighted by Crippen LogP contribution is 2.36. The molecule has 0 radical (unpaired) electrons. The molecular formula is C12H13ClN2O2S. The standard InChI is InChI=1S/C12H13ClN2O2S/c13-8-1-2-9-10(11-6-14-3-4-15-11)7-18(16,17)12(9)5-8/h1-2,5,7,11,14-15H,3-4,6H2. The maximum absolute atomic E-state index is 12.1. The minimum Gasteiger partial charge on any atom is -0.314 e. The van der Waals surface area contributed by atoms with E-state index in [2.05, 4.69) is 10.6 Å². The van der Waals surface area contributed by atoms with Gasteiger partial charge in [-0.05, 0) is 23.3 Å². The first kappa shape index (κ1) is 12.2. The Balaban J connectivity index is 2.08. The number of piperazine rings is 1. The monoisotopic (exact) mass is 284 g/mol. The van der Waals surface area contributed by atoms with Crippen LogP contribution in [0.4, 0.5) is 0 Å². The summed E-state index contributed by atoms with van der Waals surface area (Å²) in [6.07, 6.45) is 0. The summed E-state index contributed by atoms with van der Waals surface area (Å²) in [4.78, 5) is 0.317. The first-order valence-electron chi connectivity index (χ1n) is 5.79. The Hall–Kier alpha value is -0.880. The molecule has 0 aliphatic carbocycles. The van der Waals surface area contributed by atoms with Gasteiger partial charge in [0, 0.05) is 36.1 Å². The number of nitrogens with one attached hydrogen (secondary N) is 2. The van der Waals surface area contributed by atoms with Gasteiger partial charge >= 0.3 is 0 Å². The molecule has 96 valence electrons. The van der Waals surface area contributed by atoms with E-state index in [1.54, 1.807) is 12.1 Å². The van der Waals surface area contributed by atoms with Crippen molar-refractivity contribution in [2.24, 2.45) is 0 Å². The van der Waals surface area contributed by atoms with Crippen molar-refractivity contribution in [1.82, 2.24) is 10.6 Å². The first-order chi connectivity index (χ1) is 8.58. The lowest BCUT2D eigenvalue weighted by Crippen LogP contribution is -2.48. The van der Waals surface area contributed by atoms with Crippen molar-refractivity contribution < 1.29 is 8.42 Å². The fraction of sp³-hybridized carbons (Fsp3) is 0.333. The average molecular weight is 285 g/mol. The smallest absolute Gasteiger partial charge is 0.200 e. The maximum atomic E-state index is 12.1. The zero-order valence-electron chi connectivity index (χ0n) is 9.61. The molecule has 1 aromatic rings. The Kier molecular flexibility index (Phi) is 2.94. The summed E-state index contributed by atoms with van der Waals surface area (Å²) < 4.78 is 24.2. The highest BCUT2D eigenvalue weighted by molar-refractivity contribution is 7.95. The zero-order valence-corrected chi connectivity index (χ0v) is 11.2. The third-order valence-corrected chi connectivity index (χ3v) is 5.01. The third-order valence-electron chi connectivity index (χ3n) is 3.26. The lowest BCUT2D eigenvalue weighted by Gasteiger charge is -2.25. The number of sulfone groups is 1. The molecule has 0 bridgehead atoms. The molecule has 18 heavy (non-hydrogen) atoms. The molecule has 0 aromatic heterocycles. The normalized spacial score (nSPS) is 25.6. The van der Waals surface area contributed by atoms with Crippen LogP contribution < -0.4 is 10.6 Å². The lowest BCUT2D eigenvalue weighted by molar-refractivity contribution is 0.479. The molecule has 1 aromatic carbocycles. The summed E-state index contributed by atoms with van der Waals surface area (Å²) in [6.45, 7) is 2.48. The maximum Gasteiger partial charge on any atom is 0.200 e. The van der Waals surface area contributed by atoms with Gasteiger partial charge in [-0.15, -0.1) is 0 Å². The van der Waals surface area contributed by atoms with Crippen LogP contribution in [0.2, 0.25) is 5.02 Å². The van der Waals surface area contributed by atoms with Crippen LogP contribution in [0.15, 0.2) is 28.5 Å². The quantitative estimate of drug-likeness (QED) is 0.809. The van der Waals surface area contributed by atoms with Gasteiger partial charge in [0.1, 0.15) is 0 Å². The summed E-state index contributed by atoms with van der Waals surface area (Å²) in [6, 6.07) is 5.07. The molecule has 2 N–H and O–H groups in total. The van der Waals surface area contributed by atoms with Crippen molar-refractivity contribution >= 4 is 27.0 Å². The summed E-state index contributed by atoms with van der Waals surface area (Å²) in [5, 5.41) is 8.39. The molecule has 3 rings (SSSR count). The molecule has 4 nitrogen and oxygen atoms in total. The second-order valence-corrected chi connectivity index (χ2v) is 6.67. The Morgan fingerprint density at radius 2 is 2.11 bits per heavy atom. The van der Waals surface area contributed by atoms with Gasteiger partial charge < -0.3 is 10.6 Å². The molecule has 2 aliphatic heterocycles. The Bertz CT molecular complexity index is 619. The fourth-order valence-corrected chi connectivity index (χ4v) is 4.18. The van der Waals surface area contributed by atoms with E-state index in [1.807, 2.05) is 0 Å². The van der Waals surface area contributed by atoms with Gasteiger partial charge in [0.15, 0.2) is 0 Å². The molecule has 6 heteroatoms. The van der Waals surface area contributed by atoms with Crippen LogP contribution in [0.5, 0.6) is 0 Å². The molecule has 1 unspecified atom stereocenters. The van der Waals surface area contributed by atoms with Crippen molar-refractivity contribution in [1.29, 1.82) is 0 Å². The van der Waals surface area contributed by atoms with Gasteiger partial charge in [-0.1, -0.05) is 17.7 Å². The van der Waals surface area contributed by atoms with Crippen LogP contribution in [0.1, 0.15) is 5.56 Å². The van der Waals surface area contributed by atoms with Gasteiger partial charge in [0.25, 0.3) is 0 Å².